The molecule has 0 fully saturated rings. The van der Waals surface area contributed by atoms with Crippen LogP contribution in [0.4, 0.5) is 0 Å². The Hall–Kier alpha value is -0.840. The second-order valence-corrected chi connectivity index (χ2v) is 4.34. The molecule has 4 nitrogen and oxygen atoms in total. The average molecular weight is 258 g/mol. The Morgan fingerprint density at radius 2 is 1.50 bits per heavy atom. The molecule has 106 valence electrons. The van der Waals surface area contributed by atoms with E-state index in [2.05, 4.69) is 13.2 Å². The van der Waals surface area contributed by atoms with Gasteiger partial charge in [0.25, 0.3) is 0 Å². The van der Waals surface area contributed by atoms with Crippen molar-refractivity contribution in [3.63, 3.8) is 0 Å². The summed E-state index contributed by atoms with van der Waals surface area (Å²) < 4.78 is 21.6. The minimum absolute atomic E-state index is 0.0207. The molecule has 0 aromatic carbocycles. The zero-order valence-electron chi connectivity index (χ0n) is 12.0. The first-order valence-corrected chi connectivity index (χ1v) is 6.19. The molecule has 0 aliphatic heterocycles. The molecular weight excluding hydrogens is 232 g/mol. The zero-order valence-corrected chi connectivity index (χ0v) is 12.0. The van der Waals surface area contributed by atoms with Gasteiger partial charge < -0.3 is 18.9 Å². The minimum Gasteiger partial charge on any atom is -0.489 e. The summed E-state index contributed by atoms with van der Waals surface area (Å²) in [5.41, 5.74) is 0. The summed E-state index contributed by atoms with van der Waals surface area (Å²) in [5.74, 6) is 0.559. The van der Waals surface area contributed by atoms with E-state index in [1.165, 1.54) is 0 Å². The van der Waals surface area contributed by atoms with E-state index in [0.717, 1.165) is 0 Å². The highest BCUT2D eigenvalue weighted by molar-refractivity contribution is 5.02. The van der Waals surface area contributed by atoms with E-state index in [-0.39, 0.29) is 18.3 Å². The SMILES string of the molecule is C=CC(=C)OC(C)COC(C)COC(C)COC. The fraction of sp³-hybridized carbons (Fsp3) is 0.714. The van der Waals surface area contributed by atoms with Crippen LogP contribution < -0.4 is 0 Å². The van der Waals surface area contributed by atoms with Gasteiger partial charge in [0.15, 0.2) is 0 Å². The Morgan fingerprint density at radius 1 is 1.00 bits per heavy atom. The Kier molecular flexibility index (Phi) is 9.64. The zero-order chi connectivity index (χ0) is 14.0. The first-order chi connectivity index (χ1) is 8.49. The van der Waals surface area contributed by atoms with Crippen molar-refractivity contribution in [3.8, 4) is 0 Å². The smallest absolute Gasteiger partial charge is 0.119 e. The molecule has 0 bridgehead atoms. The summed E-state index contributed by atoms with van der Waals surface area (Å²) >= 11 is 0. The molecule has 18 heavy (non-hydrogen) atoms. The molecule has 0 amide bonds. The van der Waals surface area contributed by atoms with Crippen LogP contribution in [0.3, 0.4) is 0 Å². The van der Waals surface area contributed by atoms with Crippen LogP contribution in [0.1, 0.15) is 20.8 Å². The summed E-state index contributed by atoms with van der Waals surface area (Å²) in [6.45, 7) is 14.8. The minimum atomic E-state index is -0.0469. The summed E-state index contributed by atoms with van der Waals surface area (Å²) in [7, 11) is 1.66. The fourth-order valence-electron chi connectivity index (χ4n) is 1.27. The van der Waals surface area contributed by atoms with Gasteiger partial charge in [-0.3, -0.25) is 0 Å². The van der Waals surface area contributed by atoms with Crippen molar-refractivity contribution in [1.29, 1.82) is 0 Å². The fourth-order valence-corrected chi connectivity index (χ4v) is 1.27. The van der Waals surface area contributed by atoms with Gasteiger partial charge in [0.2, 0.25) is 0 Å². The third-order valence-corrected chi connectivity index (χ3v) is 2.21. The highest BCUT2D eigenvalue weighted by Gasteiger charge is 2.10. The van der Waals surface area contributed by atoms with E-state index in [0.29, 0.717) is 25.6 Å². The summed E-state index contributed by atoms with van der Waals surface area (Å²) in [4.78, 5) is 0. The van der Waals surface area contributed by atoms with Crippen LogP contribution in [-0.2, 0) is 18.9 Å². The van der Waals surface area contributed by atoms with Crippen molar-refractivity contribution < 1.29 is 18.9 Å². The van der Waals surface area contributed by atoms with Gasteiger partial charge in [0.1, 0.15) is 11.9 Å². The molecule has 0 aromatic rings. The number of hydrogen-bond acceptors (Lipinski definition) is 4. The molecule has 0 aromatic heterocycles. The lowest BCUT2D eigenvalue weighted by Gasteiger charge is -2.20. The molecule has 0 saturated carbocycles. The van der Waals surface area contributed by atoms with Gasteiger partial charge in [-0.25, -0.2) is 0 Å². The molecule has 0 rings (SSSR count). The summed E-state index contributed by atoms with van der Waals surface area (Å²) in [5, 5.41) is 0. The largest absolute Gasteiger partial charge is 0.489 e. The van der Waals surface area contributed by atoms with Crippen molar-refractivity contribution in [2.45, 2.75) is 39.1 Å². The highest BCUT2D eigenvalue weighted by Crippen LogP contribution is 2.04. The van der Waals surface area contributed by atoms with E-state index >= 15 is 0 Å². The summed E-state index contributed by atoms with van der Waals surface area (Å²) in [6.07, 6.45) is 1.63. The topological polar surface area (TPSA) is 36.9 Å². The van der Waals surface area contributed by atoms with Gasteiger partial charge in [0.05, 0.1) is 32.0 Å². The van der Waals surface area contributed by atoms with E-state index < -0.39 is 0 Å². The van der Waals surface area contributed by atoms with Crippen molar-refractivity contribution >= 4 is 0 Å². The van der Waals surface area contributed by atoms with Crippen LogP contribution in [0.5, 0.6) is 0 Å². The predicted molar refractivity (Wildman–Crippen MR) is 72.6 cm³/mol. The molecule has 0 heterocycles. The second-order valence-electron chi connectivity index (χ2n) is 4.34. The average Bonchev–Trinajstić information content (AvgIpc) is 2.34. The lowest BCUT2D eigenvalue weighted by molar-refractivity contribution is -0.0685. The third-order valence-electron chi connectivity index (χ3n) is 2.21. The van der Waals surface area contributed by atoms with Gasteiger partial charge in [-0.2, -0.15) is 0 Å². The Balaban J connectivity index is 3.66. The van der Waals surface area contributed by atoms with Gasteiger partial charge in [0, 0.05) is 7.11 Å². The Labute approximate surface area is 111 Å². The Bertz CT molecular complexity index is 240. The van der Waals surface area contributed by atoms with Crippen LogP contribution in [0.15, 0.2) is 25.0 Å². The van der Waals surface area contributed by atoms with Crippen LogP contribution >= 0.6 is 0 Å². The molecule has 0 saturated heterocycles. The quantitative estimate of drug-likeness (QED) is 0.421. The van der Waals surface area contributed by atoms with Crippen LogP contribution in [-0.4, -0.2) is 45.2 Å². The van der Waals surface area contributed by atoms with E-state index in [4.69, 9.17) is 18.9 Å². The maximum absolute atomic E-state index is 5.61. The predicted octanol–water partition coefficient (Wildman–Crippen LogP) is 2.55. The normalized spacial score (nSPS) is 15.8. The number of rotatable bonds is 11. The highest BCUT2D eigenvalue weighted by atomic mass is 16.6. The lowest BCUT2D eigenvalue weighted by Crippen LogP contribution is -2.26. The number of methoxy groups -OCH3 is 1. The molecule has 0 aliphatic carbocycles. The van der Waals surface area contributed by atoms with Crippen LogP contribution in [0.25, 0.3) is 0 Å². The van der Waals surface area contributed by atoms with Crippen molar-refractivity contribution in [2.24, 2.45) is 0 Å². The van der Waals surface area contributed by atoms with Crippen molar-refractivity contribution in [1.82, 2.24) is 0 Å². The van der Waals surface area contributed by atoms with Gasteiger partial charge in [-0.05, 0) is 26.8 Å². The monoisotopic (exact) mass is 258 g/mol. The molecule has 3 atom stereocenters. The third kappa shape index (κ3) is 9.22. The maximum Gasteiger partial charge on any atom is 0.119 e. The summed E-state index contributed by atoms with van der Waals surface area (Å²) in [6, 6.07) is 0. The van der Waals surface area contributed by atoms with Crippen molar-refractivity contribution in [2.75, 3.05) is 26.9 Å². The first kappa shape index (κ1) is 17.2. The maximum atomic E-state index is 5.61. The van der Waals surface area contributed by atoms with E-state index in [1.54, 1.807) is 13.2 Å². The van der Waals surface area contributed by atoms with Crippen molar-refractivity contribution in [3.05, 3.63) is 25.0 Å². The lowest BCUT2D eigenvalue weighted by atomic mass is 10.4. The Morgan fingerprint density at radius 3 is 2.00 bits per heavy atom. The van der Waals surface area contributed by atoms with Gasteiger partial charge >= 0.3 is 0 Å². The number of ether oxygens (including phenoxy) is 4. The van der Waals surface area contributed by atoms with Gasteiger partial charge in [-0.15, -0.1) is 0 Å². The molecule has 0 N–H and O–H groups in total. The second kappa shape index (κ2) is 10.1. The van der Waals surface area contributed by atoms with E-state index in [9.17, 15) is 0 Å². The number of hydrogen-bond donors (Lipinski definition) is 0. The molecule has 3 unspecified atom stereocenters. The molecule has 0 aliphatic rings. The van der Waals surface area contributed by atoms with Gasteiger partial charge in [-0.1, -0.05) is 13.2 Å². The standard InChI is InChI=1S/C14H26O4/c1-7-11(2)18-14(5)10-17-13(4)9-16-12(3)8-15-6/h7,12-14H,1-2,8-10H2,3-6H3. The van der Waals surface area contributed by atoms with Crippen LogP contribution in [0.2, 0.25) is 0 Å². The first-order valence-electron chi connectivity index (χ1n) is 6.19. The van der Waals surface area contributed by atoms with Crippen LogP contribution in [0, 0.1) is 0 Å². The molecule has 4 heteroatoms. The molecule has 0 spiro atoms. The molecule has 0 radical (unpaired) electrons. The van der Waals surface area contributed by atoms with E-state index in [1.807, 2.05) is 20.8 Å². The number of allylic oxidation sites excluding steroid dienone is 1. The molecular formula is C14H26O4.